The smallest absolute Gasteiger partial charge is 0.361 e. The van der Waals surface area contributed by atoms with Crippen molar-refractivity contribution in [2.45, 2.75) is 386 Å². The number of unbranched alkanes of at least 4 members (excludes halogenated alkanes) is 42. The first-order valence-electron chi connectivity index (χ1n) is 41.7. The number of hydrogen-bond donors (Lipinski definition) is 1. The van der Waals surface area contributed by atoms with Gasteiger partial charge in [0.05, 0.1) is 34.4 Å². The molecule has 0 aromatic carbocycles. The Morgan fingerprint density at radius 3 is 0.808 bits per heavy atom. The monoisotopic (exact) mass is 1380 g/mol. The van der Waals surface area contributed by atoms with Crippen molar-refractivity contribution in [3.05, 3.63) is 122 Å². The molecule has 0 aliphatic heterocycles. The lowest BCUT2D eigenvalue weighted by Gasteiger charge is -2.25. The van der Waals surface area contributed by atoms with E-state index in [4.69, 9.17) is 18.9 Å². The van der Waals surface area contributed by atoms with Gasteiger partial charge in [-0.2, -0.15) is 0 Å². The fourth-order valence-electron chi connectivity index (χ4n) is 12.0. The molecule has 0 radical (unpaired) electrons. The molecule has 0 saturated heterocycles. The summed E-state index contributed by atoms with van der Waals surface area (Å²) < 4.78 is 23.1. The van der Waals surface area contributed by atoms with E-state index < -0.39 is 18.4 Å². The van der Waals surface area contributed by atoms with E-state index in [9.17, 15) is 19.5 Å². The van der Waals surface area contributed by atoms with E-state index >= 15 is 0 Å². The second-order valence-corrected chi connectivity index (χ2v) is 29.0. The molecule has 0 rings (SSSR count). The van der Waals surface area contributed by atoms with Gasteiger partial charge in [0, 0.05) is 12.8 Å². The summed E-state index contributed by atoms with van der Waals surface area (Å²) >= 11 is 0. The van der Waals surface area contributed by atoms with Gasteiger partial charge < -0.3 is 28.5 Å². The van der Waals surface area contributed by atoms with Gasteiger partial charge in [0.1, 0.15) is 13.2 Å². The Balaban J connectivity index is 3.97. The Hall–Kier alpha value is -4.31. The number of carbonyl (C=O) groups excluding carboxylic acids is 2. The molecule has 2 atom stereocenters. The predicted molar refractivity (Wildman–Crippen MR) is 428 cm³/mol. The van der Waals surface area contributed by atoms with Gasteiger partial charge in [-0.15, -0.1) is 0 Å². The molecule has 2 unspecified atom stereocenters. The Kier molecular flexibility index (Phi) is 75.9. The highest BCUT2D eigenvalue weighted by molar-refractivity contribution is 5.71. The highest BCUT2D eigenvalue weighted by Crippen LogP contribution is 2.19. The third-order valence-corrected chi connectivity index (χ3v) is 18.2. The van der Waals surface area contributed by atoms with Gasteiger partial charge in [-0.05, 0) is 103 Å². The molecular formula is C90H158NO8+. The normalized spacial score (nSPS) is 13.3. The van der Waals surface area contributed by atoms with Crippen molar-refractivity contribution in [3.8, 4) is 0 Å². The Bertz CT molecular complexity index is 2050. The lowest BCUT2D eigenvalue weighted by Crippen LogP contribution is -2.40. The Morgan fingerprint density at radius 1 is 0.303 bits per heavy atom. The number of hydrogen-bond acceptors (Lipinski definition) is 7. The zero-order chi connectivity index (χ0) is 71.8. The van der Waals surface area contributed by atoms with Gasteiger partial charge >= 0.3 is 17.9 Å². The van der Waals surface area contributed by atoms with E-state index in [-0.39, 0.29) is 38.2 Å². The molecule has 0 heterocycles. The number of nitrogens with zero attached hydrogens (tertiary/aromatic N) is 1. The third-order valence-electron chi connectivity index (χ3n) is 18.2. The first kappa shape index (κ1) is 94.7. The van der Waals surface area contributed by atoms with Crippen molar-refractivity contribution in [3.63, 3.8) is 0 Å². The summed E-state index contributed by atoms with van der Waals surface area (Å²) in [5.74, 6) is -1.98. The minimum Gasteiger partial charge on any atom is -0.477 e. The molecule has 0 amide bonds. The van der Waals surface area contributed by atoms with E-state index in [1.54, 1.807) is 0 Å². The molecule has 0 aromatic heterocycles. The first-order valence-corrected chi connectivity index (χ1v) is 41.7. The lowest BCUT2D eigenvalue weighted by atomic mass is 10.0. The number of allylic oxidation sites excluding steroid dienone is 20. The summed E-state index contributed by atoms with van der Waals surface area (Å²) in [6.45, 7) is 4.70. The van der Waals surface area contributed by atoms with E-state index in [0.29, 0.717) is 17.4 Å². The van der Waals surface area contributed by atoms with Crippen LogP contribution in [-0.4, -0.2) is 87.4 Å². The van der Waals surface area contributed by atoms with E-state index in [2.05, 4.69) is 135 Å². The summed E-state index contributed by atoms with van der Waals surface area (Å²) in [4.78, 5) is 37.8. The highest BCUT2D eigenvalue weighted by atomic mass is 16.7. The van der Waals surface area contributed by atoms with Crippen molar-refractivity contribution in [2.75, 3.05) is 47.5 Å². The van der Waals surface area contributed by atoms with Crippen LogP contribution >= 0.6 is 0 Å². The van der Waals surface area contributed by atoms with Crippen LogP contribution in [0.15, 0.2) is 122 Å². The maximum Gasteiger partial charge on any atom is 0.361 e. The number of esters is 2. The Labute approximate surface area is 612 Å². The molecule has 570 valence electrons. The van der Waals surface area contributed by atoms with Crippen LogP contribution in [0.4, 0.5) is 0 Å². The molecule has 9 heteroatoms. The number of carboxylic acid groups (broad SMARTS) is 1. The largest absolute Gasteiger partial charge is 0.477 e. The summed E-state index contributed by atoms with van der Waals surface area (Å²) in [7, 11) is 5.99. The van der Waals surface area contributed by atoms with Crippen molar-refractivity contribution >= 4 is 17.9 Å². The number of rotatable bonds is 77. The molecule has 1 N–H and O–H groups in total. The molecular weight excluding hydrogens is 1220 g/mol. The zero-order valence-corrected chi connectivity index (χ0v) is 65.4. The molecule has 0 aromatic rings. The minimum absolute atomic E-state index is 0.181. The maximum atomic E-state index is 13.0. The van der Waals surface area contributed by atoms with Gasteiger partial charge in [-0.3, -0.25) is 9.59 Å². The molecule has 0 bridgehead atoms. The van der Waals surface area contributed by atoms with Crippen LogP contribution in [0.2, 0.25) is 0 Å². The van der Waals surface area contributed by atoms with Gasteiger partial charge in [-0.25, -0.2) is 4.79 Å². The number of carboxylic acids is 1. The first-order chi connectivity index (χ1) is 48.6. The number of aliphatic carboxylic acids is 1. The fourth-order valence-corrected chi connectivity index (χ4v) is 12.0. The quantitative estimate of drug-likeness (QED) is 0.0211. The zero-order valence-electron chi connectivity index (χ0n) is 65.4. The van der Waals surface area contributed by atoms with E-state index in [1.807, 2.05) is 21.1 Å². The number of carbonyl (C=O) groups is 3. The molecule has 0 aliphatic carbocycles. The summed E-state index contributed by atoms with van der Waals surface area (Å²) in [5, 5.41) is 9.79. The van der Waals surface area contributed by atoms with Gasteiger partial charge in [-0.1, -0.05) is 379 Å². The maximum absolute atomic E-state index is 13.0. The number of ether oxygens (including phenoxy) is 4. The number of quaternary nitrogens is 1. The molecule has 99 heavy (non-hydrogen) atoms. The predicted octanol–water partition coefficient (Wildman–Crippen LogP) is 27.0. The highest BCUT2D eigenvalue weighted by Gasteiger charge is 2.25. The van der Waals surface area contributed by atoms with Gasteiger partial charge in [0.25, 0.3) is 6.29 Å². The van der Waals surface area contributed by atoms with Crippen molar-refractivity contribution < 1.29 is 42.9 Å². The van der Waals surface area contributed by atoms with Crippen LogP contribution in [0.5, 0.6) is 0 Å². The minimum atomic E-state index is -1.51. The van der Waals surface area contributed by atoms with Gasteiger partial charge in [0.15, 0.2) is 6.10 Å². The second-order valence-electron chi connectivity index (χ2n) is 29.0. The molecule has 0 spiro atoms. The van der Waals surface area contributed by atoms with E-state index in [0.717, 1.165) is 103 Å². The standard InChI is InChI=1S/C90H157NO8/c1-6-8-10-12-14-16-18-20-22-24-26-28-30-32-34-36-38-40-42-43-44-45-47-49-51-53-55-57-59-61-63-65-67-69-71-73-75-77-79-81-88(93)99-86(85-98-90(89(94)95)96-83-82-91(3,4)5)84-97-87(92)80-78-76-74-72-70-68-66-64-62-60-58-56-54-52-50-48-46-41-39-37-35-33-31-29-27-25-23-21-19-17-15-13-11-9-7-2/h8-11,14-17,20-23,26-29,32-35,86,90H,6-7,12-13,18-19,24-25,30-31,36-85H2,1-5H3/p+1/b10-8-,11-9-,16-14-,17-15-,22-20-,23-21-,28-26-,29-27-,34-32-,35-33-. The molecule has 0 fully saturated rings. The van der Waals surface area contributed by atoms with Crippen LogP contribution in [-0.2, 0) is 33.3 Å². The molecule has 0 aliphatic rings. The molecule has 0 saturated carbocycles. The summed E-state index contributed by atoms with van der Waals surface area (Å²) in [5.41, 5.74) is 0. The number of likely N-dealkylation sites (N-methyl/N-ethyl adjacent to an activating group) is 1. The van der Waals surface area contributed by atoms with Crippen LogP contribution in [0, 0.1) is 0 Å². The SMILES string of the molecule is CC/C=C\C/C=C\C/C=C\C/C=C\C/C=C\CCCCCCCCCCCCCCCCCCCCCCCCCC(=O)OC(COC(=O)CCCCCCCCCCCCCCCCCCCCC/C=C\C/C=C\C/C=C\C/C=C\C/C=C\CC)COC(OCC[N+](C)(C)C)C(=O)O. The topological polar surface area (TPSA) is 108 Å². The fraction of sp³-hybridized carbons (Fsp3) is 0.744. The average Bonchev–Trinajstić information content (AvgIpc) is 1.14. The molecule has 9 nitrogen and oxygen atoms in total. The Morgan fingerprint density at radius 2 is 0.545 bits per heavy atom. The van der Waals surface area contributed by atoms with Crippen LogP contribution in [0.1, 0.15) is 373 Å². The van der Waals surface area contributed by atoms with Crippen molar-refractivity contribution in [1.82, 2.24) is 0 Å². The van der Waals surface area contributed by atoms with Gasteiger partial charge in [0.2, 0.25) is 0 Å². The summed E-state index contributed by atoms with van der Waals surface area (Å²) in [6, 6.07) is 0. The van der Waals surface area contributed by atoms with E-state index in [1.165, 1.54) is 244 Å². The summed E-state index contributed by atoms with van der Waals surface area (Å²) in [6.07, 6.45) is 111. The average molecular weight is 1380 g/mol. The second kappa shape index (κ2) is 79.4. The van der Waals surface area contributed by atoms with Crippen LogP contribution < -0.4 is 0 Å². The van der Waals surface area contributed by atoms with Crippen LogP contribution in [0.25, 0.3) is 0 Å². The lowest BCUT2D eigenvalue weighted by molar-refractivity contribution is -0.870. The third kappa shape index (κ3) is 80.9. The van der Waals surface area contributed by atoms with Crippen molar-refractivity contribution in [1.29, 1.82) is 0 Å². The van der Waals surface area contributed by atoms with Crippen molar-refractivity contribution in [2.24, 2.45) is 0 Å². The van der Waals surface area contributed by atoms with Crippen LogP contribution in [0.3, 0.4) is 0 Å².